The topological polar surface area (TPSA) is 33.5 Å². The zero-order valence-corrected chi connectivity index (χ0v) is 9.56. The molecule has 1 heterocycles. The van der Waals surface area contributed by atoms with Gasteiger partial charge in [-0.1, -0.05) is 0 Å². The third kappa shape index (κ3) is 3.94. The molecule has 1 rings (SSSR count). The lowest BCUT2D eigenvalue weighted by molar-refractivity contribution is 0.0944. The van der Waals surface area contributed by atoms with Crippen LogP contribution in [0.2, 0.25) is 0 Å². The molecule has 3 nitrogen and oxygen atoms in total. The zero-order chi connectivity index (χ0) is 9.84. The Kier molecular flexibility index (Phi) is 5.50. The number of carbonyl (C=O) groups excluding carboxylic acids is 1. The molecule has 1 aromatic rings. The van der Waals surface area contributed by atoms with Gasteiger partial charge in [-0.05, 0) is 33.2 Å². The average molecular weight is 218 g/mol. The second-order valence-corrected chi connectivity index (χ2v) is 3.39. The van der Waals surface area contributed by atoms with E-state index in [0.717, 1.165) is 12.3 Å². The van der Waals surface area contributed by atoms with Crippen LogP contribution in [0.25, 0.3) is 0 Å². The predicted molar refractivity (Wildman–Crippen MR) is 58.2 cm³/mol. The van der Waals surface area contributed by atoms with Gasteiger partial charge in [-0.25, -0.2) is 0 Å². The second-order valence-electron chi connectivity index (χ2n) is 3.39. The van der Waals surface area contributed by atoms with Crippen molar-refractivity contribution in [2.24, 2.45) is 0 Å². The number of furan rings is 1. The molecule has 0 radical (unpaired) electrons. The van der Waals surface area contributed by atoms with Crippen LogP contribution < -0.4 is 0 Å². The summed E-state index contributed by atoms with van der Waals surface area (Å²) in [5.74, 6) is 1.33. The normalized spacial score (nSPS) is 10.0. The number of Topliss-reactive ketones (excluding diaryl/α,β-unsaturated/α-hetero) is 1. The Bertz CT molecular complexity index is 294. The van der Waals surface area contributed by atoms with Crippen LogP contribution in [0.4, 0.5) is 0 Å². The highest BCUT2D eigenvalue weighted by Gasteiger charge is 2.09. The molecule has 0 bridgehead atoms. The van der Waals surface area contributed by atoms with Crippen LogP contribution in [0.5, 0.6) is 0 Å². The Labute approximate surface area is 90.5 Å². The van der Waals surface area contributed by atoms with Crippen LogP contribution in [-0.2, 0) is 0 Å². The van der Waals surface area contributed by atoms with E-state index in [2.05, 4.69) is 0 Å². The Balaban J connectivity index is 0.00000169. The molecule has 4 heteroatoms. The number of rotatable bonds is 4. The van der Waals surface area contributed by atoms with Crippen molar-refractivity contribution in [2.45, 2.75) is 13.3 Å². The van der Waals surface area contributed by atoms with Crippen molar-refractivity contribution in [3.8, 4) is 0 Å². The molecule has 0 aliphatic heterocycles. The largest absolute Gasteiger partial charge is 0.458 e. The SMILES string of the molecule is Cc1ccc(C(=O)CCN(C)C)o1.Cl. The minimum Gasteiger partial charge on any atom is -0.458 e. The molecule has 0 atom stereocenters. The van der Waals surface area contributed by atoms with Gasteiger partial charge in [0.25, 0.3) is 0 Å². The number of carbonyl (C=O) groups is 1. The van der Waals surface area contributed by atoms with Gasteiger partial charge in [0, 0.05) is 13.0 Å². The smallest absolute Gasteiger partial charge is 0.199 e. The summed E-state index contributed by atoms with van der Waals surface area (Å²) in [6.07, 6.45) is 0.514. The van der Waals surface area contributed by atoms with E-state index in [9.17, 15) is 4.79 Å². The van der Waals surface area contributed by atoms with Crippen LogP contribution in [0.1, 0.15) is 22.7 Å². The maximum Gasteiger partial charge on any atom is 0.199 e. The van der Waals surface area contributed by atoms with E-state index in [0.29, 0.717) is 12.2 Å². The average Bonchev–Trinajstić information content (AvgIpc) is 2.47. The maximum absolute atomic E-state index is 11.4. The minimum atomic E-state index is 0. The van der Waals surface area contributed by atoms with E-state index in [1.165, 1.54) is 0 Å². The maximum atomic E-state index is 11.4. The molecular weight excluding hydrogens is 202 g/mol. The van der Waals surface area contributed by atoms with Gasteiger partial charge in [-0.15, -0.1) is 12.4 Å². The lowest BCUT2D eigenvalue weighted by Crippen LogP contribution is -2.16. The van der Waals surface area contributed by atoms with Crippen molar-refractivity contribution in [1.29, 1.82) is 0 Å². The number of halogens is 1. The van der Waals surface area contributed by atoms with Gasteiger partial charge in [0.1, 0.15) is 5.76 Å². The third-order valence-corrected chi connectivity index (χ3v) is 1.80. The first-order valence-corrected chi connectivity index (χ1v) is 4.34. The standard InChI is InChI=1S/C10H15NO2.ClH/c1-8-4-5-10(13-8)9(12)6-7-11(2)3;/h4-5H,6-7H2,1-3H3;1H. The number of ketones is 1. The summed E-state index contributed by atoms with van der Waals surface area (Å²) in [5, 5.41) is 0. The van der Waals surface area contributed by atoms with Gasteiger partial charge in [0.2, 0.25) is 0 Å². The van der Waals surface area contributed by atoms with E-state index in [-0.39, 0.29) is 18.2 Å². The van der Waals surface area contributed by atoms with Crippen molar-refractivity contribution in [2.75, 3.05) is 20.6 Å². The lowest BCUT2D eigenvalue weighted by atomic mass is 10.2. The number of hydrogen-bond donors (Lipinski definition) is 0. The van der Waals surface area contributed by atoms with Crippen molar-refractivity contribution in [3.05, 3.63) is 23.7 Å². The molecule has 0 saturated heterocycles. The molecule has 0 saturated carbocycles. The molecular formula is C10H16ClNO2. The predicted octanol–water partition coefficient (Wildman–Crippen LogP) is 2.14. The summed E-state index contributed by atoms with van der Waals surface area (Å²) < 4.78 is 5.21. The fraction of sp³-hybridized carbons (Fsp3) is 0.500. The Morgan fingerprint density at radius 2 is 2.07 bits per heavy atom. The zero-order valence-electron chi connectivity index (χ0n) is 8.74. The molecule has 0 N–H and O–H groups in total. The monoisotopic (exact) mass is 217 g/mol. The molecule has 14 heavy (non-hydrogen) atoms. The lowest BCUT2D eigenvalue weighted by Gasteiger charge is -2.06. The van der Waals surface area contributed by atoms with Crippen LogP contribution in [0, 0.1) is 6.92 Å². The van der Waals surface area contributed by atoms with E-state index in [1.54, 1.807) is 6.07 Å². The molecule has 0 spiro atoms. The number of aryl methyl sites for hydroxylation is 1. The fourth-order valence-corrected chi connectivity index (χ4v) is 1.03. The molecule has 0 aromatic carbocycles. The molecule has 1 aromatic heterocycles. The summed E-state index contributed by atoms with van der Waals surface area (Å²) in [4.78, 5) is 13.4. The van der Waals surface area contributed by atoms with E-state index in [4.69, 9.17) is 4.42 Å². The van der Waals surface area contributed by atoms with E-state index >= 15 is 0 Å². The van der Waals surface area contributed by atoms with E-state index < -0.39 is 0 Å². The molecule has 80 valence electrons. The molecule has 0 aliphatic carbocycles. The highest BCUT2D eigenvalue weighted by atomic mass is 35.5. The second kappa shape index (κ2) is 5.83. The van der Waals surface area contributed by atoms with Crippen LogP contribution >= 0.6 is 12.4 Å². The van der Waals surface area contributed by atoms with E-state index in [1.807, 2.05) is 32.0 Å². The Morgan fingerprint density at radius 3 is 2.50 bits per heavy atom. The third-order valence-electron chi connectivity index (χ3n) is 1.80. The fourth-order valence-electron chi connectivity index (χ4n) is 1.03. The van der Waals surface area contributed by atoms with Gasteiger partial charge in [-0.2, -0.15) is 0 Å². The summed E-state index contributed by atoms with van der Waals surface area (Å²) >= 11 is 0. The van der Waals surface area contributed by atoms with Gasteiger partial charge >= 0.3 is 0 Å². The van der Waals surface area contributed by atoms with Gasteiger partial charge in [0.05, 0.1) is 0 Å². The summed E-state index contributed by atoms with van der Waals surface area (Å²) in [7, 11) is 3.89. The molecule has 0 fully saturated rings. The van der Waals surface area contributed by atoms with Crippen molar-refractivity contribution >= 4 is 18.2 Å². The van der Waals surface area contributed by atoms with Crippen molar-refractivity contribution < 1.29 is 9.21 Å². The Hall–Kier alpha value is -0.800. The van der Waals surface area contributed by atoms with Gasteiger partial charge in [-0.3, -0.25) is 4.79 Å². The first-order valence-electron chi connectivity index (χ1n) is 4.34. The molecule has 0 aliphatic rings. The van der Waals surface area contributed by atoms with Gasteiger partial charge in [0.15, 0.2) is 11.5 Å². The minimum absolute atomic E-state index is 0. The van der Waals surface area contributed by atoms with Crippen molar-refractivity contribution in [1.82, 2.24) is 4.90 Å². The molecule has 0 amide bonds. The Morgan fingerprint density at radius 1 is 1.43 bits per heavy atom. The number of nitrogens with zero attached hydrogens (tertiary/aromatic N) is 1. The first-order chi connectivity index (χ1) is 6.09. The highest BCUT2D eigenvalue weighted by molar-refractivity contribution is 5.93. The summed E-state index contributed by atoms with van der Waals surface area (Å²) in [6, 6.07) is 3.54. The van der Waals surface area contributed by atoms with Gasteiger partial charge < -0.3 is 9.32 Å². The van der Waals surface area contributed by atoms with Crippen LogP contribution in [0.3, 0.4) is 0 Å². The van der Waals surface area contributed by atoms with Crippen LogP contribution in [0.15, 0.2) is 16.5 Å². The first kappa shape index (κ1) is 13.2. The summed E-state index contributed by atoms with van der Waals surface area (Å²) in [5.41, 5.74) is 0. The highest BCUT2D eigenvalue weighted by Crippen LogP contribution is 2.08. The molecule has 0 unspecified atom stereocenters. The summed E-state index contributed by atoms with van der Waals surface area (Å²) in [6.45, 7) is 2.60. The number of hydrogen-bond acceptors (Lipinski definition) is 3. The van der Waals surface area contributed by atoms with Crippen LogP contribution in [-0.4, -0.2) is 31.3 Å². The van der Waals surface area contributed by atoms with Crippen molar-refractivity contribution in [3.63, 3.8) is 0 Å². The quantitative estimate of drug-likeness (QED) is 0.725.